The topological polar surface area (TPSA) is 0 Å². The zero-order valence-electron chi connectivity index (χ0n) is 6.22. The number of aryl methyl sites for hydroxylation is 1. The van der Waals surface area contributed by atoms with Gasteiger partial charge in [0.15, 0.2) is 0 Å². The second-order valence-corrected chi connectivity index (χ2v) is 10.8. The second-order valence-electron chi connectivity index (χ2n) is 2.25. The Kier molecular flexibility index (Phi) is 4.06. The van der Waals surface area contributed by atoms with E-state index in [0.717, 1.165) is 9.93 Å². The predicted molar refractivity (Wildman–Crippen MR) is 52.9 cm³/mol. The van der Waals surface area contributed by atoms with Gasteiger partial charge in [0.1, 0.15) is 0 Å². The van der Waals surface area contributed by atoms with Crippen LogP contribution in [0.3, 0.4) is 0 Å². The van der Waals surface area contributed by atoms with Gasteiger partial charge in [-0.15, -0.1) is 0 Å². The van der Waals surface area contributed by atoms with Crippen LogP contribution < -0.4 is 3.51 Å². The molecule has 0 atom stereocenters. The average molecular weight is 298 g/mol. The van der Waals surface area contributed by atoms with Crippen molar-refractivity contribution >= 4 is 39.1 Å². The summed E-state index contributed by atoms with van der Waals surface area (Å²) in [6.45, 7) is 2.13. The Morgan fingerprint density at radius 3 is 2.09 bits per heavy atom. The third-order valence-electron chi connectivity index (χ3n) is 1.54. The SMILES string of the molecule is CCc1cc[c]([Sb]([Cl])[Cl])cc1. The Morgan fingerprint density at radius 1 is 1.18 bits per heavy atom. The first-order valence-corrected chi connectivity index (χ1v) is 11.2. The fourth-order valence-electron chi connectivity index (χ4n) is 0.844. The van der Waals surface area contributed by atoms with E-state index in [2.05, 4.69) is 19.1 Å². The molecule has 0 fully saturated rings. The van der Waals surface area contributed by atoms with Gasteiger partial charge < -0.3 is 0 Å². The molecule has 0 saturated carbocycles. The van der Waals surface area contributed by atoms with Crippen LogP contribution in [0.5, 0.6) is 0 Å². The maximum absolute atomic E-state index is 5.85. The van der Waals surface area contributed by atoms with Crippen molar-refractivity contribution in [2.24, 2.45) is 0 Å². The standard InChI is InChI=1S/C8H9.2ClH.Sb/c1-2-8-6-4-3-5-7-8;;;/h4-7H,2H2,1H3;2*1H;/q;;;+2/p-2. The van der Waals surface area contributed by atoms with Crippen LogP contribution in [0.1, 0.15) is 12.5 Å². The van der Waals surface area contributed by atoms with Crippen LogP contribution in [0.4, 0.5) is 0 Å². The van der Waals surface area contributed by atoms with Gasteiger partial charge in [-0.2, -0.15) is 0 Å². The van der Waals surface area contributed by atoms with Gasteiger partial charge in [-0.1, -0.05) is 0 Å². The Balaban J connectivity index is 2.83. The first-order valence-electron chi connectivity index (χ1n) is 3.44. The van der Waals surface area contributed by atoms with Gasteiger partial charge in [-0.3, -0.25) is 0 Å². The van der Waals surface area contributed by atoms with E-state index in [9.17, 15) is 0 Å². The van der Waals surface area contributed by atoms with Crippen LogP contribution >= 0.6 is 17.7 Å². The van der Waals surface area contributed by atoms with Crippen molar-refractivity contribution < 1.29 is 0 Å². The van der Waals surface area contributed by atoms with Gasteiger partial charge in [-0.05, 0) is 0 Å². The maximum atomic E-state index is 5.85. The van der Waals surface area contributed by atoms with Gasteiger partial charge >= 0.3 is 82.3 Å². The summed E-state index contributed by atoms with van der Waals surface area (Å²) in [4.78, 5) is 0. The van der Waals surface area contributed by atoms with Gasteiger partial charge in [0, 0.05) is 0 Å². The van der Waals surface area contributed by atoms with Crippen LogP contribution in [0.15, 0.2) is 24.3 Å². The van der Waals surface area contributed by atoms with Crippen molar-refractivity contribution in [2.45, 2.75) is 13.3 Å². The summed E-state index contributed by atoms with van der Waals surface area (Å²) in [5, 5.41) is 0. The molecule has 1 rings (SSSR count). The van der Waals surface area contributed by atoms with E-state index in [1.54, 1.807) is 0 Å². The zero-order chi connectivity index (χ0) is 8.27. The van der Waals surface area contributed by atoms with Crippen molar-refractivity contribution in [1.29, 1.82) is 0 Å². The molecule has 0 nitrogen and oxygen atoms in total. The van der Waals surface area contributed by atoms with Crippen LogP contribution in [-0.2, 0) is 6.42 Å². The molecule has 0 saturated heterocycles. The van der Waals surface area contributed by atoms with Crippen molar-refractivity contribution in [2.75, 3.05) is 0 Å². The summed E-state index contributed by atoms with van der Waals surface area (Å²) < 4.78 is 1.15. The molecule has 11 heavy (non-hydrogen) atoms. The van der Waals surface area contributed by atoms with E-state index in [4.69, 9.17) is 17.7 Å². The molecule has 1 aromatic rings. The number of hydrogen-bond acceptors (Lipinski definition) is 0. The summed E-state index contributed by atoms with van der Waals surface area (Å²) in [5.41, 5.74) is 1.34. The number of rotatable bonds is 2. The third-order valence-corrected chi connectivity index (χ3v) is 6.12. The van der Waals surface area contributed by atoms with Crippen molar-refractivity contribution in [3.8, 4) is 0 Å². The van der Waals surface area contributed by atoms with Gasteiger partial charge in [0.2, 0.25) is 0 Å². The van der Waals surface area contributed by atoms with E-state index >= 15 is 0 Å². The number of halogens is 2. The van der Waals surface area contributed by atoms with E-state index < -0.39 is 17.9 Å². The summed E-state index contributed by atoms with van der Waals surface area (Å²) >= 11 is -2.00. The van der Waals surface area contributed by atoms with Crippen LogP contribution in [0.25, 0.3) is 0 Å². The first-order chi connectivity index (χ1) is 5.24. The van der Waals surface area contributed by atoms with Gasteiger partial charge in [0.25, 0.3) is 0 Å². The molecule has 0 unspecified atom stereocenters. The Labute approximate surface area is 81.8 Å². The Hall–Kier alpha value is 0.618. The van der Waals surface area contributed by atoms with Crippen LogP contribution in [0, 0.1) is 0 Å². The Bertz CT molecular complexity index is 218. The quantitative estimate of drug-likeness (QED) is 0.736. The Morgan fingerprint density at radius 2 is 1.73 bits per heavy atom. The van der Waals surface area contributed by atoms with Crippen LogP contribution in [-0.4, -0.2) is 17.9 Å². The van der Waals surface area contributed by atoms with E-state index in [0.29, 0.717) is 0 Å². The average Bonchev–Trinajstić information content (AvgIpc) is 2.05. The summed E-state index contributed by atoms with van der Waals surface area (Å²) in [5.74, 6) is 0. The van der Waals surface area contributed by atoms with E-state index in [-0.39, 0.29) is 0 Å². The predicted octanol–water partition coefficient (Wildman–Crippen LogP) is 2.42. The summed E-state index contributed by atoms with van der Waals surface area (Å²) in [7, 11) is 11.7. The molecule has 0 aliphatic heterocycles. The molecule has 0 spiro atoms. The molecule has 0 N–H and O–H groups in total. The summed E-state index contributed by atoms with van der Waals surface area (Å²) in [6, 6.07) is 8.28. The third kappa shape index (κ3) is 2.86. The molecule has 0 amide bonds. The van der Waals surface area contributed by atoms with E-state index in [1.165, 1.54) is 5.56 Å². The molecule has 1 aromatic carbocycles. The molecule has 3 heteroatoms. The first kappa shape index (κ1) is 9.70. The zero-order valence-corrected chi connectivity index (χ0v) is 10.3. The molecular formula is C8H9Cl2Sb. The van der Waals surface area contributed by atoms with Crippen molar-refractivity contribution in [3.05, 3.63) is 29.8 Å². The molecular weight excluding hydrogens is 289 g/mol. The number of hydrogen-bond donors (Lipinski definition) is 0. The molecule has 60 valence electrons. The minimum atomic E-state index is -2.00. The molecule has 0 aliphatic carbocycles. The fourth-order valence-corrected chi connectivity index (χ4v) is 3.42. The monoisotopic (exact) mass is 296 g/mol. The van der Waals surface area contributed by atoms with Crippen molar-refractivity contribution in [1.82, 2.24) is 0 Å². The van der Waals surface area contributed by atoms with E-state index in [1.807, 2.05) is 12.1 Å². The molecule has 0 radical (unpaired) electrons. The van der Waals surface area contributed by atoms with Crippen LogP contribution in [0.2, 0.25) is 0 Å². The normalized spacial score (nSPS) is 10.5. The van der Waals surface area contributed by atoms with Gasteiger partial charge in [-0.25, -0.2) is 0 Å². The molecule has 0 aliphatic rings. The second kappa shape index (κ2) is 4.60. The molecule has 0 bridgehead atoms. The molecule has 0 aromatic heterocycles. The van der Waals surface area contributed by atoms with Crippen molar-refractivity contribution in [3.63, 3.8) is 0 Å². The van der Waals surface area contributed by atoms with Gasteiger partial charge in [0.05, 0.1) is 0 Å². The fraction of sp³-hybridized carbons (Fsp3) is 0.250. The summed E-state index contributed by atoms with van der Waals surface area (Å²) in [6.07, 6.45) is 1.07. The minimum absolute atomic E-state index is 1.07. The molecule has 0 heterocycles. The number of benzene rings is 1.